The van der Waals surface area contributed by atoms with Crippen LogP contribution in [0.4, 0.5) is 0 Å². The highest BCUT2D eigenvalue weighted by Gasteiger charge is 2.51. The average molecular weight is 474 g/mol. The van der Waals surface area contributed by atoms with Gasteiger partial charge >= 0.3 is 0 Å². The summed E-state index contributed by atoms with van der Waals surface area (Å²) in [5.74, 6) is 0. The predicted molar refractivity (Wildman–Crippen MR) is 128 cm³/mol. The maximum Gasteiger partial charge on any atom is 0.184 e. The summed E-state index contributed by atoms with van der Waals surface area (Å²) in [4.78, 5) is 3.00. The lowest BCUT2D eigenvalue weighted by atomic mass is 9.96. The van der Waals surface area contributed by atoms with E-state index in [0.717, 1.165) is 16.7 Å². The lowest BCUT2D eigenvalue weighted by Crippen LogP contribution is -2.62. The summed E-state index contributed by atoms with van der Waals surface area (Å²) in [7, 11) is 0. The molecule has 0 N–H and O–H groups in total. The summed E-state index contributed by atoms with van der Waals surface area (Å²) in [5.41, 5.74) is 12.1. The van der Waals surface area contributed by atoms with Gasteiger partial charge in [0.1, 0.15) is 24.4 Å². The summed E-state index contributed by atoms with van der Waals surface area (Å²) >= 11 is 0. The molecule has 2 aliphatic heterocycles. The zero-order chi connectivity index (χ0) is 23.9. The largest absolute Gasteiger partial charge is 0.368 e. The van der Waals surface area contributed by atoms with Gasteiger partial charge < -0.3 is 23.7 Å². The molecule has 3 aromatic rings. The second-order valence-electron chi connectivity index (χ2n) is 8.47. The van der Waals surface area contributed by atoms with Crippen molar-refractivity contribution < 1.29 is 23.7 Å². The van der Waals surface area contributed by atoms with Crippen LogP contribution in [-0.2, 0) is 36.9 Å². The Balaban J connectivity index is 1.41. The maximum absolute atomic E-state index is 9.22. The first-order valence-corrected chi connectivity index (χ1v) is 11.6. The number of nitrogens with zero attached hydrogens (tertiary/aromatic N) is 3. The summed E-state index contributed by atoms with van der Waals surface area (Å²) < 4.78 is 31.2. The van der Waals surface area contributed by atoms with Gasteiger partial charge in [-0.2, -0.15) is 0 Å². The van der Waals surface area contributed by atoms with Crippen molar-refractivity contribution in [1.82, 2.24) is 0 Å². The van der Waals surface area contributed by atoms with Crippen molar-refractivity contribution in [3.63, 3.8) is 0 Å². The Hall–Kier alpha value is -3.23. The van der Waals surface area contributed by atoms with Crippen LogP contribution < -0.4 is 0 Å². The molecule has 3 aromatic carbocycles. The van der Waals surface area contributed by atoms with Gasteiger partial charge in [0.15, 0.2) is 12.5 Å². The van der Waals surface area contributed by atoms with E-state index in [4.69, 9.17) is 23.7 Å². The van der Waals surface area contributed by atoms with Crippen LogP contribution in [0, 0.1) is 0 Å². The predicted octanol–water partition coefficient (Wildman–Crippen LogP) is 5.31. The van der Waals surface area contributed by atoms with Crippen molar-refractivity contribution in [3.8, 4) is 0 Å². The van der Waals surface area contributed by atoms with Gasteiger partial charge in [0.2, 0.25) is 0 Å². The van der Waals surface area contributed by atoms with Crippen LogP contribution in [0.5, 0.6) is 0 Å². The first-order chi connectivity index (χ1) is 17.3. The van der Waals surface area contributed by atoms with Gasteiger partial charge in [0.05, 0.1) is 19.8 Å². The summed E-state index contributed by atoms with van der Waals surface area (Å²) in [6.07, 6.45) is -3.62. The molecule has 0 radical (unpaired) electrons. The minimum Gasteiger partial charge on any atom is -0.368 e. The Bertz CT molecular complexity index is 1110. The van der Waals surface area contributed by atoms with Gasteiger partial charge in [-0.05, 0) is 16.7 Å². The molecule has 35 heavy (non-hydrogen) atoms. The molecule has 2 heterocycles. The molecular weight excluding hydrogens is 446 g/mol. The van der Waals surface area contributed by atoms with Gasteiger partial charge in [0.25, 0.3) is 0 Å². The maximum atomic E-state index is 9.22. The van der Waals surface area contributed by atoms with E-state index < -0.39 is 36.9 Å². The smallest absolute Gasteiger partial charge is 0.184 e. The molecule has 0 bridgehead atoms. The van der Waals surface area contributed by atoms with Crippen LogP contribution in [0.15, 0.2) is 96.1 Å². The quantitative estimate of drug-likeness (QED) is 0.251. The van der Waals surface area contributed by atoms with Crippen LogP contribution in [0.25, 0.3) is 10.4 Å². The van der Waals surface area contributed by atoms with E-state index in [1.165, 1.54) is 0 Å². The molecule has 5 rings (SSSR count). The fourth-order valence-corrected chi connectivity index (χ4v) is 4.39. The first kappa shape index (κ1) is 23.5. The van der Waals surface area contributed by atoms with Gasteiger partial charge in [-0.25, -0.2) is 0 Å². The molecule has 180 valence electrons. The van der Waals surface area contributed by atoms with Crippen molar-refractivity contribution in [2.24, 2.45) is 5.11 Å². The normalized spacial score (nSPS) is 28.0. The number of fused-ring (bicyclic) bond motifs is 1. The van der Waals surface area contributed by atoms with E-state index in [9.17, 15) is 5.53 Å². The number of hydrogen-bond donors (Lipinski definition) is 0. The molecule has 0 spiro atoms. The molecule has 2 unspecified atom stereocenters. The second-order valence-corrected chi connectivity index (χ2v) is 8.47. The molecule has 0 aliphatic carbocycles. The number of rotatable bonds is 8. The first-order valence-electron chi connectivity index (χ1n) is 11.6. The average Bonchev–Trinajstić information content (AvgIpc) is 2.92. The van der Waals surface area contributed by atoms with E-state index >= 15 is 0 Å². The van der Waals surface area contributed by atoms with Crippen LogP contribution in [0.1, 0.15) is 23.0 Å². The monoisotopic (exact) mass is 473 g/mol. The van der Waals surface area contributed by atoms with Crippen molar-refractivity contribution in [2.45, 2.75) is 50.1 Å². The van der Waals surface area contributed by atoms with E-state index in [0.29, 0.717) is 13.2 Å². The van der Waals surface area contributed by atoms with Crippen LogP contribution in [0.2, 0.25) is 0 Å². The molecule has 2 aliphatic rings. The summed E-state index contributed by atoms with van der Waals surface area (Å²) in [6, 6.07) is 29.5. The van der Waals surface area contributed by atoms with Crippen LogP contribution >= 0.6 is 0 Å². The Morgan fingerprint density at radius 2 is 1.34 bits per heavy atom. The van der Waals surface area contributed by atoms with Crippen LogP contribution in [-0.4, -0.2) is 37.3 Å². The lowest BCUT2D eigenvalue weighted by Gasteiger charge is -2.48. The van der Waals surface area contributed by atoms with Gasteiger partial charge in [0, 0.05) is 10.5 Å². The molecule has 6 atom stereocenters. The Morgan fingerprint density at radius 3 is 1.94 bits per heavy atom. The third-order valence-corrected chi connectivity index (χ3v) is 6.11. The highest BCUT2D eigenvalue weighted by Crippen LogP contribution is 2.37. The number of ether oxygens (including phenoxy) is 5. The van der Waals surface area contributed by atoms with Crippen molar-refractivity contribution >= 4 is 0 Å². The Kier molecular flexibility index (Phi) is 7.70. The van der Waals surface area contributed by atoms with E-state index in [2.05, 4.69) is 10.0 Å². The van der Waals surface area contributed by atoms with Gasteiger partial charge in [-0.1, -0.05) is 96.1 Å². The highest BCUT2D eigenvalue weighted by atomic mass is 16.7. The molecular formula is C27H27N3O5. The molecule has 8 heteroatoms. The van der Waals surface area contributed by atoms with Gasteiger partial charge in [-0.15, -0.1) is 0 Å². The third kappa shape index (κ3) is 5.71. The summed E-state index contributed by atoms with van der Waals surface area (Å²) in [5, 5.41) is 3.89. The standard InChI is InChI=1S/C27H27N3O5/c28-30-29-26-25(32-17-20-12-6-2-7-13-20)24(31-16-19-10-4-1-5-11-19)23-22(34-26)18-33-27(35-23)21-14-8-3-9-15-21/h1-15,22-27H,16-18H2/t22-,23+,24+,25-,26?,27?/m1/s1. The molecule has 0 aromatic heterocycles. The summed E-state index contributed by atoms with van der Waals surface area (Å²) in [6.45, 7) is 0.939. The van der Waals surface area contributed by atoms with Crippen molar-refractivity contribution in [2.75, 3.05) is 6.61 Å². The molecule has 8 nitrogen and oxygen atoms in total. The molecule has 2 fully saturated rings. The number of hydrogen-bond acceptors (Lipinski definition) is 6. The molecule has 2 saturated heterocycles. The molecule has 0 saturated carbocycles. The van der Waals surface area contributed by atoms with E-state index in [-0.39, 0.29) is 6.61 Å². The fraction of sp³-hybridized carbons (Fsp3) is 0.333. The number of azide groups is 1. The van der Waals surface area contributed by atoms with E-state index in [1.807, 2.05) is 91.0 Å². The lowest BCUT2D eigenvalue weighted by molar-refractivity contribution is -0.339. The SMILES string of the molecule is [N-]=[N+]=NC1O[C@@H]2COC(c3ccccc3)O[C@@H]2[C@H](OCc2ccccc2)[C@H]1OCc1ccccc1. The zero-order valence-corrected chi connectivity index (χ0v) is 19.1. The Morgan fingerprint density at radius 1 is 0.771 bits per heavy atom. The van der Waals surface area contributed by atoms with E-state index in [1.54, 1.807) is 0 Å². The minimum atomic E-state index is -0.883. The fourth-order valence-electron chi connectivity index (χ4n) is 4.39. The molecule has 0 amide bonds. The van der Waals surface area contributed by atoms with Crippen molar-refractivity contribution in [1.29, 1.82) is 0 Å². The zero-order valence-electron chi connectivity index (χ0n) is 19.1. The topological polar surface area (TPSA) is 94.9 Å². The number of benzene rings is 3. The minimum absolute atomic E-state index is 0.276. The highest BCUT2D eigenvalue weighted by molar-refractivity contribution is 5.17. The second kappa shape index (κ2) is 11.5. The Labute approximate surface area is 204 Å². The van der Waals surface area contributed by atoms with Crippen molar-refractivity contribution in [3.05, 3.63) is 118 Å². The van der Waals surface area contributed by atoms with Gasteiger partial charge in [-0.3, -0.25) is 0 Å². The third-order valence-electron chi connectivity index (χ3n) is 6.11. The van der Waals surface area contributed by atoms with Crippen LogP contribution in [0.3, 0.4) is 0 Å².